The SMILES string of the molecule is Cn1c(SCC(=O)NC2=NCCS2)nnc1-c1ccc(Cl)cc1. The lowest BCUT2D eigenvalue weighted by molar-refractivity contribution is -0.117. The summed E-state index contributed by atoms with van der Waals surface area (Å²) >= 11 is 8.80. The monoisotopic (exact) mass is 367 g/mol. The molecule has 0 bridgehead atoms. The first kappa shape index (κ1) is 16.4. The number of benzene rings is 1. The second kappa shape index (κ2) is 7.37. The first-order valence-corrected chi connectivity index (χ1v) is 9.23. The largest absolute Gasteiger partial charge is 0.305 e. The highest BCUT2D eigenvalue weighted by molar-refractivity contribution is 8.14. The molecule has 0 radical (unpaired) electrons. The number of hydrogen-bond acceptors (Lipinski definition) is 6. The van der Waals surface area contributed by atoms with Gasteiger partial charge in [-0.05, 0) is 24.3 Å². The molecule has 1 aliphatic rings. The molecule has 2 heterocycles. The zero-order chi connectivity index (χ0) is 16.2. The van der Waals surface area contributed by atoms with Crippen LogP contribution in [0.15, 0.2) is 34.4 Å². The lowest BCUT2D eigenvalue weighted by Crippen LogP contribution is -2.29. The fourth-order valence-corrected chi connectivity index (χ4v) is 3.57. The summed E-state index contributed by atoms with van der Waals surface area (Å²) in [7, 11) is 1.88. The number of nitrogens with one attached hydrogen (secondary N) is 1. The zero-order valence-electron chi connectivity index (χ0n) is 12.3. The van der Waals surface area contributed by atoms with Gasteiger partial charge in [-0.25, -0.2) is 0 Å². The Labute approximate surface area is 147 Å². The lowest BCUT2D eigenvalue weighted by Gasteiger charge is -2.05. The van der Waals surface area contributed by atoms with E-state index in [9.17, 15) is 4.79 Å². The highest BCUT2D eigenvalue weighted by atomic mass is 35.5. The van der Waals surface area contributed by atoms with Crippen LogP contribution in [0.4, 0.5) is 0 Å². The van der Waals surface area contributed by atoms with Crippen LogP contribution in [-0.2, 0) is 11.8 Å². The summed E-state index contributed by atoms with van der Waals surface area (Å²) in [5.41, 5.74) is 0.928. The van der Waals surface area contributed by atoms with E-state index in [1.165, 1.54) is 11.8 Å². The number of thioether (sulfide) groups is 2. The molecule has 23 heavy (non-hydrogen) atoms. The van der Waals surface area contributed by atoms with E-state index >= 15 is 0 Å². The second-order valence-electron chi connectivity index (χ2n) is 4.74. The molecular formula is C14H14ClN5OS2. The molecule has 0 unspecified atom stereocenters. The summed E-state index contributed by atoms with van der Waals surface area (Å²) in [5, 5.41) is 13.2. The topological polar surface area (TPSA) is 72.2 Å². The number of carbonyl (C=O) groups is 1. The first-order chi connectivity index (χ1) is 11.1. The van der Waals surface area contributed by atoms with E-state index in [-0.39, 0.29) is 11.7 Å². The number of aromatic nitrogens is 3. The van der Waals surface area contributed by atoms with Crippen molar-refractivity contribution in [3.8, 4) is 11.4 Å². The van der Waals surface area contributed by atoms with Crippen LogP contribution >= 0.6 is 35.1 Å². The fraction of sp³-hybridized carbons (Fsp3) is 0.286. The molecule has 0 atom stereocenters. The molecule has 1 N–H and O–H groups in total. The van der Waals surface area contributed by atoms with Gasteiger partial charge in [0.15, 0.2) is 16.1 Å². The van der Waals surface area contributed by atoms with Crippen molar-refractivity contribution in [2.75, 3.05) is 18.1 Å². The molecule has 1 aromatic carbocycles. The molecule has 9 heteroatoms. The quantitative estimate of drug-likeness (QED) is 0.840. The van der Waals surface area contributed by atoms with Crippen LogP contribution in [-0.4, -0.2) is 43.9 Å². The van der Waals surface area contributed by atoms with Crippen molar-refractivity contribution >= 4 is 46.2 Å². The van der Waals surface area contributed by atoms with Gasteiger partial charge in [-0.2, -0.15) is 0 Å². The third kappa shape index (κ3) is 4.07. The van der Waals surface area contributed by atoms with Crippen molar-refractivity contribution in [3.05, 3.63) is 29.3 Å². The standard InChI is InChI=1S/C14H14ClN5OS2/c1-20-12(9-2-4-10(15)5-3-9)18-19-14(20)23-8-11(21)17-13-16-6-7-22-13/h2-5H,6-8H2,1H3,(H,16,17,21). The Morgan fingerprint density at radius 2 is 2.17 bits per heavy atom. The number of hydrogen-bond donors (Lipinski definition) is 1. The summed E-state index contributed by atoms with van der Waals surface area (Å²) in [4.78, 5) is 16.1. The molecule has 0 fully saturated rings. The summed E-state index contributed by atoms with van der Waals surface area (Å²) in [6, 6.07) is 7.41. The Kier molecular flexibility index (Phi) is 5.24. The summed E-state index contributed by atoms with van der Waals surface area (Å²) < 4.78 is 1.86. The lowest BCUT2D eigenvalue weighted by atomic mass is 10.2. The van der Waals surface area contributed by atoms with E-state index in [4.69, 9.17) is 11.6 Å². The minimum atomic E-state index is -0.0841. The van der Waals surface area contributed by atoms with Crippen molar-refractivity contribution in [2.45, 2.75) is 5.16 Å². The minimum Gasteiger partial charge on any atom is -0.305 e. The van der Waals surface area contributed by atoms with Crippen LogP contribution in [0.25, 0.3) is 11.4 Å². The van der Waals surface area contributed by atoms with Crippen molar-refractivity contribution in [2.24, 2.45) is 12.0 Å². The number of carbonyl (C=O) groups excluding carboxylic acids is 1. The van der Waals surface area contributed by atoms with Crippen LogP contribution in [0.1, 0.15) is 0 Å². The molecule has 120 valence electrons. The number of nitrogens with zero attached hydrogens (tertiary/aromatic N) is 4. The first-order valence-electron chi connectivity index (χ1n) is 6.89. The van der Waals surface area contributed by atoms with E-state index in [2.05, 4.69) is 20.5 Å². The molecule has 3 rings (SSSR count). The Balaban J connectivity index is 1.63. The van der Waals surface area contributed by atoms with Crippen molar-refractivity contribution in [1.29, 1.82) is 0 Å². The van der Waals surface area contributed by atoms with Crippen LogP contribution in [0.5, 0.6) is 0 Å². The van der Waals surface area contributed by atoms with E-state index in [1.807, 2.05) is 35.9 Å². The van der Waals surface area contributed by atoms with Gasteiger partial charge in [0.05, 0.1) is 12.3 Å². The smallest absolute Gasteiger partial charge is 0.236 e. The van der Waals surface area contributed by atoms with Gasteiger partial charge >= 0.3 is 0 Å². The molecule has 1 aliphatic heterocycles. The second-order valence-corrected chi connectivity index (χ2v) is 7.21. The summed E-state index contributed by atoms with van der Waals surface area (Å²) in [5.74, 6) is 1.85. The number of amides is 1. The summed E-state index contributed by atoms with van der Waals surface area (Å²) in [6.07, 6.45) is 0. The van der Waals surface area contributed by atoms with Crippen LogP contribution < -0.4 is 5.32 Å². The molecule has 1 amide bonds. The van der Waals surface area contributed by atoms with Crippen LogP contribution in [0.2, 0.25) is 5.02 Å². The Morgan fingerprint density at radius 1 is 1.39 bits per heavy atom. The maximum absolute atomic E-state index is 11.9. The number of amidine groups is 1. The van der Waals surface area contributed by atoms with E-state index in [1.54, 1.807) is 11.8 Å². The van der Waals surface area contributed by atoms with Gasteiger partial charge in [0, 0.05) is 23.4 Å². The third-order valence-electron chi connectivity index (χ3n) is 3.10. The van der Waals surface area contributed by atoms with Crippen LogP contribution in [0, 0.1) is 0 Å². The van der Waals surface area contributed by atoms with Gasteiger partial charge < -0.3 is 9.88 Å². The average molecular weight is 368 g/mol. The Morgan fingerprint density at radius 3 is 2.87 bits per heavy atom. The summed E-state index contributed by atoms with van der Waals surface area (Å²) in [6.45, 7) is 0.765. The molecular weight excluding hydrogens is 354 g/mol. The highest BCUT2D eigenvalue weighted by Crippen LogP contribution is 2.23. The van der Waals surface area contributed by atoms with Crippen LogP contribution in [0.3, 0.4) is 0 Å². The molecule has 6 nitrogen and oxygen atoms in total. The maximum Gasteiger partial charge on any atom is 0.236 e. The predicted octanol–water partition coefficient (Wildman–Crippen LogP) is 2.45. The minimum absolute atomic E-state index is 0.0841. The van der Waals surface area contributed by atoms with Gasteiger partial charge in [-0.15, -0.1) is 10.2 Å². The van der Waals surface area contributed by atoms with Crippen molar-refractivity contribution < 1.29 is 4.79 Å². The molecule has 1 aromatic heterocycles. The number of halogens is 1. The molecule has 0 aliphatic carbocycles. The number of aliphatic imine (C=N–C) groups is 1. The van der Waals surface area contributed by atoms with E-state index in [0.717, 1.165) is 23.7 Å². The zero-order valence-corrected chi connectivity index (χ0v) is 14.7. The highest BCUT2D eigenvalue weighted by Gasteiger charge is 2.15. The third-order valence-corrected chi connectivity index (χ3v) is 5.27. The van der Waals surface area contributed by atoms with Crippen molar-refractivity contribution in [1.82, 2.24) is 20.1 Å². The molecule has 0 saturated heterocycles. The van der Waals surface area contributed by atoms with Gasteiger partial charge in [0.1, 0.15) is 0 Å². The van der Waals surface area contributed by atoms with Crippen molar-refractivity contribution in [3.63, 3.8) is 0 Å². The Bertz CT molecular complexity index is 744. The van der Waals surface area contributed by atoms with E-state index in [0.29, 0.717) is 15.3 Å². The van der Waals surface area contributed by atoms with Gasteiger partial charge in [0.25, 0.3) is 0 Å². The van der Waals surface area contributed by atoms with E-state index < -0.39 is 0 Å². The maximum atomic E-state index is 11.9. The van der Waals surface area contributed by atoms with Gasteiger partial charge in [0.2, 0.25) is 5.91 Å². The van der Waals surface area contributed by atoms with Gasteiger partial charge in [-0.1, -0.05) is 35.1 Å². The fourth-order valence-electron chi connectivity index (χ4n) is 1.99. The van der Waals surface area contributed by atoms with Gasteiger partial charge in [-0.3, -0.25) is 9.79 Å². The number of rotatable bonds is 4. The predicted molar refractivity (Wildman–Crippen MR) is 95.1 cm³/mol. The normalized spacial score (nSPS) is 13.9. The Hall–Kier alpha value is -1.51. The molecule has 0 spiro atoms. The average Bonchev–Trinajstić information content (AvgIpc) is 3.16. The molecule has 2 aromatic rings. The molecule has 0 saturated carbocycles.